The molecule has 0 spiro atoms. The van der Waals surface area contributed by atoms with E-state index in [9.17, 15) is 4.79 Å². The van der Waals surface area contributed by atoms with Crippen molar-refractivity contribution in [3.05, 3.63) is 70.2 Å². The van der Waals surface area contributed by atoms with Crippen LogP contribution >= 0.6 is 0 Å². The lowest BCUT2D eigenvalue weighted by molar-refractivity contribution is 0.0756. The number of benzene rings is 1. The number of pyridine rings is 1. The Hall–Kier alpha value is -2.99. The standard InChI is InChI=1S/C23H26N4O2/c1-15-11-16(2)24-21(12-15)23(28)27-9-7-19-20(8-10-27)25-26-22(19)18-6-4-5-17(13-18)14-29-3/h4-6,11-13H,7-10,14H2,1-3H3,(H,25,26). The van der Waals surface area contributed by atoms with Gasteiger partial charge in [-0.2, -0.15) is 5.10 Å². The van der Waals surface area contributed by atoms with Crippen LogP contribution in [0, 0.1) is 13.8 Å². The van der Waals surface area contributed by atoms with E-state index in [1.807, 2.05) is 36.9 Å². The zero-order valence-electron chi connectivity index (χ0n) is 17.2. The monoisotopic (exact) mass is 390 g/mol. The van der Waals surface area contributed by atoms with Crippen molar-refractivity contribution in [3.63, 3.8) is 0 Å². The molecular formula is C23H26N4O2. The molecule has 3 aromatic rings. The molecule has 1 amide bonds. The number of hydrogen-bond donors (Lipinski definition) is 1. The topological polar surface area (TPSA) is 71.1 Å². The van der Waals surface area contributed by atoms with Gasteiger partial charge < -0.3 is 9.64 Å². The number of nitrogens with one attached hydrogen (secondary N) is 1. The molecule has 2 aromatic heterocycles. The number of carbonyl (C=O) groups is 1. The molecule has 0 aliphatic carbocycles. The van der Waals surface area contributed by atoms with E-state index in [0.717, 1.165) is 46.6 Å². The van der Waals surface area contributed by atoms with Gasteiger partial charge in [-0.05, 0) is 49.6 Å². The van der Waals surface area contributed by atoms with Crippen molar-refractivity contribution in [1.29, 1.82) is 0 Å². The zero-order valence-corrected chi connectivity index (χ0v) is 17.2. The van der Waals surface area contributed by atoms with Crippen LogP contribution in [0.15, 0.2) is 36.4 Å². The van der Waals surface area contributed by atoms with Crippen LogP contribution in [-0.4, -0.2) is 46.2 Å². The van der Waals surface area contributed by atoms with Gasteiger partial charge in [0.25, 0.3) is 5.91 Å². The van der Waals surface area contributed by atoms with E-state index in [1.54, 1.807) is 7.11 Å². The second-order valence-corrected chi connectivity index (χ2v) is 7.63. The summed E-state index contributed by atoms with van der Waals surface area (Å²) in [5, 5.41) is 7.78. The van der Waals surface area contributed by atoms with E-state index in [1.165, 1.54) is 5.56 Å². The summed E-state index contributed by atoms with van der Waals surface area (Å²) in [7, 11) is 1.70. The number of carbonyl (C=O) groups excluding carboxylic acids is 1. The third kappa shape index (κ3) is 4.07. The van der Waals surface area contributed by atoms with Gasteiger partial charge in [-0.3, -0.25) is 9.89 Å². The van der Waals surface area contributed by atoms with Gasteiger partial charge in [-0.25, -0.2) is 4.98 Å². The molecule has 0 radical (unpaired) electrons. The third-order valence-electron chi connectivity index (χ3n) is 5.33. The molecule has 1 aliphatic rings. The number of fused-ring (bicyclic) bond motifs is 1. The number of aryl methyl sites for hydroxylation is 2. The van der Waals surface area contributed by atoms with E-state index in [2.05, 4.69) is 33.4 Å². The average molecular weight is 390 g/mol. The van der Waals surface area contributed by atoms with Crippen LogP contribution in [0.1, 0.15) is 38.6 Å². The van der Waals surface area contributed by atoms with Crippen LogP contribution in [0.5, 0.6) is 0 Å². The Morgan fingerprint density at radius 2 is 2.00 bits per heavy atom. The molecule has 1 N–H and O–H groups in total. The molecular weight excluding hydrogens is 364 g/mol. The third-order valence-corrected chi connectivity index (χ3v) is 5.33. The lowest BCUT2D eigenvalue weighted by atomic mass is 10.0. The van der Waals surface area contributed by atoms with Crippen LogP contribution in [0.3, 0.4) is 0 Å². The molecule has 1 aromatic carbocycles. The quantitative estimate of drug-likeness (QED) is 0.740. The van der Waals surface area contributed by atoms with Gasteiger partial charge in [0.1, 0.15) is 5.69 Å². The summed E-state index contributed by atoms with van der Waals surface area (Å²) >= 11 is 0. The van der Waals surface area contributed by atoms with Crippen molar-refractivity contribution in [2.24, 2.45) is 0 Å². The van der Waals surface area contributed by atoms with Crippen LogP contribution in [-0.2, 0) is 24.2 Å². The van der Waals surface area contributed by atoms with Crippen molar-refractivity contribution in [1.82, 2.24) is 20.1 Å². The van der Waals surface area contributed by atoms with Crippen LogP contribution in [0.25, 0.3) is 11.3 Å². The molecule has 150 valence electrons. The van der Waals surface area contributed by atoms with Gasteiger partial charge in [0.15, 0.2) is 0 Å². The number of methoxy groups -OCH3 is 1. The number of aromatic amines is 1. The first kappa shape index (κ1) is 19.3. The van der Waals surface area contributed by atoms with Crippen LogP contribution in [0.2, 0.25) is 0 Å². The Labute approximate surface area is 170 Å². The Bertz CT molecular complexity index is 1020. The van der Waals surface area contributed by atoms with E-state index in [4.69, 9.17) is 4.74 Å². The molecule has 0 saturated heterocycles. The summed E-state index contributed by atoms with van der Waals surface area (Å²) in [4.78, 5) is 19.4. The summed E-state index contributed by atoms with van der Waals surface area (Å²) in [6.45, 7) is 5.81. The Kier molecular flexibility index (Phi) is 5.45. The second-order valence-electron chi connectivity index (χ2n) is 7.63. The number of amides is 1. The van der Waals surface area contributed by atoms with Crippen LogP contribution < -0.4 is 0 Å². The molecule has 6 heteroatoms. The maximum Gasteiger partial charge on any atom is 0.272 e. The predicted octanol–water partition coefficient (Wildman–Crippen LogP) is 3.48. The molecule has 0 unspecified atom stereocenters. The van der Waals surface area contributed by atoms with Crippen molar-refractivity contribution >= 4 is 5.91 Å². The molecule has 0 atom stereocenters. The first-order valence-electron chi connectivity index (χ1n) is 9.94. The maximum absolute atomic E-state index is 13.0. The average Bonchev–Trinajstić information content (AvgIpc) is 2.99. The minimum Gasteiger partial charge on any atom is -0.380 e. The highest BCUT2D eigenvalue weighted by Gasteiger charge is 2.24. The summed E-state index contributed by atoms with van der Waals surface area (Å²) in [5.74, 6) is -0.00134. The summed E-state index contributed by atoms with van der Waals surface area (Å²) in [5.41, 5.74) is 7.93. The summed E-state index contributed by atoms with van der Waals surface area (Å²) in [6, 6.07) is 12.1. The van der Waals surface area contributed by atoms with Gasteiger partial charge in [0.05, 0.1) is 12.3 Å². The Morgan fingerprint density at radius 1 is 1.17 bits per heavy atom. The largest absolute Gasteiger partial charge is 0.380 e. The summed E-state index contributed by atoms with van der Waals surface area (Å²) in [6.07, 6.45) is 1.53. The van der Waals surface area contributed by atoms with E-state index < -0.39 is 0 Å². The lowest BCUT2D eigenvalue weighted by Crippen LogP contribution is -2.34. The van der Waals surface area contributed by atoms with Crippen LogP contribution in [0.4, 0.5) is 0 Å². The fourth-order valence-electron chi connectivity index (χ4n) is 4.01. The number of ether oxygens (including phenoxy) is 1. The minimum absolute atomic E-state index is 0.00134. The zero-order chi connectivity index (χ0) is 20.4. The minimum atomic E-state index is -0.00134. The normalized spacial score (nSPS) is 13.8. The van der Waals surface area contributed by atoms with E-state index in [-0.39, 0.29) is 5.91 Å². The fraction of sp³-hybridized carbons (Fsp3) is 0.348. The number of rotatable bonds is 4. The van der Waals surface area contributed by atoms with Gasteiger partial charge in [0, 0.05) is 49.1 Å². The van der Waals surface area contributed by atoms with E-state index in [0.29, 0.717) is 25.4 Å². The van der Waals surface area contributed by atoms with Gasteiger partial charge >= 0.3 is 0 Å². The Morgan fingerprint density at radius 3 is 2.79 bits per heavy atom. The number of H-pyrrole nitrogens is 1. The highest BCUT2D eigenvalue weighted by atomic mass is 16.5. The van der Waals surface area contributed by atoms with Crippen molar-refractivity contribution in [2.75, 3.05) is 20.2 Å². The molecule has 0 fully saturated rings. The predicted molar refractivity (Wildman–Crippen MR) is 112 cm³/mol. The summed E-state index contributed by atoms with van der Waals surface area (Å²) < 4.78 is 5.25. The van der Waals surface area contributed by atoms with Gasteiger partial charge in [-0.15, -0.1) is 0 Å². The maximum atomic E-state index is 13.0. The highest BCUT2D eigenvalue weighted by Crippen LogP contribution is 2.28. The molecule has 4 rings (SSSR count). The Balaban J connectivity index is 1.56. The number of aromatic nitrogens is 3. The highest BCUT2D eigenvalue weighted by molar-refractivity contribution is 5.92. The molecule has 0 bridgehead atoms. The molecule has 6 nitrogen and oxygen atoms in total. The number of hydrogen-bond acceptors (Lipinski definition) is 4. The second kappa shape index (κ2) is 8.17. The van der Waals surface area contributed by atoms with Crippen molar-refractivity contribution in [2.45, 2.75) is 33.3 Å². The SMILES string of the molecule is COCc1cccc(-c2n[nH]c3c2CCN(C(=O)c2cc(C)cc(C)n2)CC3)c1. The molecule has 1 aliphatic heterocycles. The fourth-order valence-corrected chi connectivity index (χ4v) is 4.01. The number of nitrogens with zero attached hydrogens (tertiary/aromatic N) is 3. The first-order chi connectivity index (χ1) is 14.0. The van der Waals surface area contributed by atoms with E-state index >= 15 is 0 Å². The molecule has 0 saturated carbocycles. The smallest absolute Gasteiger partial charge is 0.272 e. The molecule has 3 heterocycles. The van der Waals surface area contributed by atoms with Crippen molar-refractivity contribution < 1.29 is 9.53 Å². The lowest BCUT2D eigenvalue weighted by Gasteiger charge is -2.20. The first-order valence-corrected chi connectivity index (χ1v) is 9.94. The van der Waals surface area contributed by atoms with Gasteiger partial charge in [0.2, 0.25) is 0 Å². The van der Waals surface area contributed by atoms with Gasteiger partial charge in [-0.1, -0.05) is 18.2 Å². The van der Waals surface area contributed by atoms with Crippen molar-refractivity contribution in [3.8, 4) is 11.3 Å². The molecule has 29 heavy (non-hydrogen) atoms.